The minimum atomic E-state index is -0.378. The van der Waals surface area contributed by atoms with E-state index in [9.17, 15) is 5.11 Å². The standard InChI is InChI=1S/C15H22ClNO/c1-12-4-2-3-10-17(12)11-9-15(18)13-5-7-14(16)8-6-13/h5-8,12,15,18H,2-4,9-11H2,1H3. The van der Waals surface area contributed by atoms with Gasteiger partial charge in [0.05, 0.1) is 6.10 Å². The molecule has 0 saturated carbocycles. The van der Waals surface area contributed by atoms with E-state index in [2.05, 4.69) is 11.8 Å². The molecule has 1 saturated heterocycles. The van der Waals surface area contributed by atoms with E-state index in [0.29, 0.717) is 6.04 Å². The molecule has 1 N–H and O–H groups in total. The Labute approximate surface area is 115 Å². The Morgan fingerprint density at radius 2 is 2.06 bits per heavy atom. The Morgan fingerprint density at radius 3 is 2.72 bits per heavy atom. The number of piperidine rings is 1. The molecule has 100 valence electrons. The van der Waals surface area contributed by atoms with Crippen LogP contribution in [0.25, 0.3) is 0 Å². The van der Waals surface area contributed by atoms with Crippen LogP contribution in [0, 0.1) is 0 Å². The SMILES string of the molecule is CC1CCCCN1CCC(O)c1ccc(Cl)cc1. The van der Waals surface area contributed by atoms with E-state index in [1.807, 2.05) is 24.3 Å². The molecule has 1 aromatic carbocycles. The lowest BCUT2D eigenvalue weighted by Crippen LogP contribution is -2.38. The molecular weight excluding hydrogens is 246 g/mol. The zero-order chi connectivity index (χ0) is 13.0. The molecule has 1 aromatic rings. The second kappa shape index (κ2) is 6.55. The van der Waals surface area contributed by atoms with Gasteiger partial charge in [-0.3, -0.25) is 0 Å². The topological polar surface area (TPSA) is 23.5 Å². The number of halogens is 1. The monoisotopic (exact) mass is 267 g/mol. The predicted octanol–water partition coefficient (Wildman–Crippen LogP) is 3.64. The van der Waals surface area contributed by atoms with Gasteiger partial charge >= 0.3 is 0 Å². The van der Waals surface area contributed by atoms with Crippen LogP contribution in [0.4, 0.5) is 0 Å². The van der Waals surface area contributed by atoms with Gasteiger partial charge in [0.25, 0.3) is 0 Å². The first kappa shape index (κ1) is 13.9. The van der Waals surface area contributed by atoms with Crippen LogP contribution in [-0.2, 0) is 0 Å². The molecule has 0 bridgehead atoms. The minimum absolute atomic E-state index is 0.378. The highest BCUT2D eigenvalue weighted by Gasteiger charge is 2.19. The zero-order valence-corrected chi connectivity index (χ0v) is 11.7. The van der Waals surface area contributed by atoms with Crippen LogP contribution in [-0.4, -0.2) is 29.1 Å². The van der Waals surface area contributed by atoms with Crippen LogP contribution >= 0.6 is 11.6 Å². The summed E-state index contributed by atoms with van der Waals surface area (Å²) in [5.74, 6) is 0. The van der Waals surface area contributed by atoms with E-state index in [4.69, 9.17) is 11.6 Å². The number of aliphatic hydroxyl groups excluding tert-OH is 1. The maximum Gasteiger partial charge on any atom is 0.0802 e. The molecule has 3 heteroatoms. The van der Waals surface area contributed by atoms with Crippen molar-refractivity contribution in [3.8, 4) is 0 Å². The number of nitrogens with zero attached hydrogens (tertiary/aromatic N) is 1. The summed E-state index contributed by atoms with van der Waals surface area (Å²) in [6.07, 6.45) is 4.35. The summed E-state index contributed by atoms with van der Waals surface area (Å²) in [4.78, 5) is 2.49. The summed E-state index contributed by atoms with van der Waals surface area (Å²) in [6, 6.07) is 8.16. The van der Waals surface area contributed by atoms with Gasteiger partial charge in [-0.05, 0) is 50.4 Å². The van der Waals surface area contributed by atoms with Crippen LogP contribution in [0.5, 0.6) is 0 Å². The molecule has 2 unspecified atom stereocenters. The number of likely N-dealkylation sites (tertiary alicyclic amines) is 1. The lowest BCUT2D eigenvalue weighted by Gasteiger charge is -2.33. The Bertz CT molecular complexity index is 365. The summed E-state index contributed by atoms with van der Waals surface area (Å²) >= 11 is 5.84. The van der Waals surface area contributed by atoms with Crippen molar-refractivity contribution in [1.29, 1.82) is 0 Å². The lowest BCUT2D eigenvalue weighted by atomic mass is 10.0. The molecule has 0 amide bonds. The summed E-state index contributed by atoms with van der Waals surface area (Å²) in [5, 5.41) is 10.9. The first-order valence-electron chi connectivity index (χ1n) is 6.84. The highest BCUT2D eigenvalue weighted by molar-refractivity contribution is 6.30. The van der Waals surface area contributed by atoms with Gasteiger partial charge in [0.15, 0.2) is 0 Å². The van der Waals surface area contributed by atoms with E-state index in [1.165, 1.54) is 25.8 Å². The molecule has 2 atom stereocenters. The number of hydrogen-bond donors (Lipinski definition) is 1. The molecule has 1 heterocycles. The van der Waals surface area contributed by atoms with Crippen molar-refractivity contribution in [3.63, 3.8) is 0 Å². The second-order valence-electron chi connectivity index (χ2n) is 5.24. The molecule has 0 radical (unpaired) electrons. The quantitative estimate of drug-likeness (QED) is 0.900. The van der Waals surface area contributed by atoms with Gasteiger partial charge in [-0.2, -0.15) is 0 Å². The van der Waals surface area contributed by atoms with Crippen LogP contribution < -0.4 is 0 Å². The highest BCUT2D eigenvalue weighted by Crippen LogP contribution is 2.22. The smallest absolute Gasteiger partial charge is 0.0802 e. The molecule has 1 aliphatic rings. The zero-order valence-electron chi connectivity index (χ0n) is 11.0. The predicted molar refractivity (Wildman–Crippen MR) is 75.9 cm³/mol. The fourth-order valence-corrected chi connectivity index (χ4v) is 2.76. The molecule has 1 aliphatic heterocycles. The van der Waals surface area contributed by atoms with E-state index in [1.54, 1.807) is 0 Å². The molecular formula is C15H22ClNO. The lowest BCUT2D eigenvalue weighted by molar-refractivity contribution is 0.109. The Balaban J connectivity index is 1.83. The Kier molecular flexibility index (Phi) is 5.04. The van der Waals surface area contributed by atoms with Crippen molar-refractivity contribution in [3.05, 3.63) is 34.9 Å². The maximum absolute atomic E-state index is 10.2. The van der Waals surface area contributed by atoms with Gasteiger partial charge in [0, 0.05) is 17.6 Å². The average molecular weight is 268 g/mol. The molecule has 2 rings (SSSR count). The Morgan fingerprint density at radius 1 is 1.33 bits per heavy atom. The van der Waals surface area contributed by atoms with Crippen molar-refractivity contribution in [2.24, 2.45) is 0 Å². The summed E-state index contributed by atoms with van der Waals surface area (Å²) in [7, 11) is 0. The van der Waals surface area contributed by atoms with E-state index in [-0.39, 0.29) is 6.10 Å². The molecule has 1 fully saturated rings. The van der Waals surface area contributed by atoms with Crippen molar-refractivity contribution in [2.75, 3.05) is 13.1 Å². The molecule has 0 aromatic heterocycles. The van der Waals surface area contributed by atoms with Crippen LogP contribution in [0.15, 0.2) is 24.3 Å². The third kappa shape index (κ3) is 3.71. The largest absolute Gasteiger partial charge is 0.388 e. The number of benzene rings is 1. The number of rotatable bonds is 4. The van der Waals surface area contributed by atoms with Gasteiger partial charge in [0.2, 0.25) is 0 Å². The molecule has 18 heavy (non-hydrogen) atoms. The van der Waals surface area contributed by atoms with E-state index in [0.717, 1.165) is 23.6 Å². The van der Waals surface area contributed by atoms with Crippen molar-refractivity contribution in [2.45, 2.75) is 44.8 Å². The number of hydrogen-bond acceptors (Lipinski definition) is 2. The van der Waals surface area contributed by atoms with Crippen molar-refractivity contribution < 1.29 is 5.11 Å². The fourth-order valence-electron chi connectivity index (χ4n) is 2.63. The summed E-state index contributed by atoms with van der Waals surface area (Å²) < 4.78 is 0. The van der Waals surface area contributed by atoms with Gasteiger partial charge in [-0.1, -0.05) is 30.2 Å². The third-order valence-electron chi connectivity index (χ3n) is 3.89. The first-order chi connectivity index (χ1) is 8.66. The van der Waals surface area contributed by atoms with Crippen LogP contribution in [0.1, 0.15) is 44.3 Å². The molecule has 0 spiro atoms. The third-order valence-corrected chi connectivity index (χ3v) is 4.14. The first-order valence-corrected chi connectivity index (χ1v) is 7.22. The summed E-state index contributed by atoms with van der Waals surface area (Å²) in [5.41, 5.74) is 0.962. The van der Waals surface area contributed by atoms with Crippen molar-refractivity contribution in [1.82, 2.24) is 4.90 Å². The van der Waals surface area contributed by atoms with Gasteiger partial charge in [-0.25, -0.2) is 0 Å². The average Bonchev–Trinajstić information content (AvgIpc) is 2.38. The van der Waals surface area contributed by atoms with Gasteiger partial charge < -0.3 is 10.0 Å². The van der Waals surface area contributed by atoms with E-state index >= 15 is 0 Å². The summed E-state index contributed by atoms with van der Waals surface area (Å²) in [6.45, 7) is 4.44. The second-order valence-corrected chi connectivity index (χ2v) is 5.67. The normalized spacial score (nSPS) is 22.9. The van der Waals surface area contributed by atoms with Crippen LogP contribution in [0.3, 0.4) is 0 Å². The van der Waals surface area contributed by atoms with Crippen LogP contribution in [0.2, 0.25) is 5.02 Å². The Hall–Kier alpha value is -0.570. The van der Waals surface area contributed by atoms with Gasteiger partial charge in [0.1, 0.15) is 0 Å². The van der Waals surface area contributed by atoms with Gasteiger partial charge in [-0.15, -0.1) is 0 Å². The van der Waals surface area contributed by atoms with E-state index < -0.39 is 0 Å². The molecule has 0 aliphatic carbocycles. The highest BCUT2D eigenvalue weighted by atomic mass is 35.5. The molecule has 2 nitrogen and oxygen atoms in total. The maximum atomic E-state index is 10.2. The van der Waals surface area contributed by atoms with Crippen molar-refractivity contribution >= 4 is 11.6 Å². The fraction of sp³-hybridized carbons (Fsp3) is 0.600. The minimum Gasteiger partial charge on any atom is -0.388 e. The number of aliphatic hydroxyl groups is 1.